The maximum absolute atomic E-state index is 11.1. The molecule has 1 atom stereocenters. The summed E-state index contributed by atoms with van der Waals surface area (Å²) in [6, 6.07) is -0.698. The topological polar surface area (TPSA) is 83.6 Å². The molecule has 1 amide bonds. The van der Waals surface area contributed by atoms with Crippen LogP contribution in [0.25, 0.3) is 0 Å². The summed E-state index contributed by atoms with van der Waals surface area (Å²) in [5.41, 5.74) is 5.41. The third kappa shape index (κ3) is 3.92. The van der Waals surface area contributed by atoms with Crippen molar-refractivity contribution in [3.05, 3.63) is 0 Å². The van der Waals surface area contributed by atoms with Gasteiger partial charge in [-0.2, -0.15) is 0 Å². The van der Waals surface area contributed by atoms with E-state index < -0.39 is 12.0 Å². The number of hydrogen-bond acceptors (Lipinski definition) is 3. The summed E-state index contributed by atoms with van der Waals surface area (Å²) in [6.07, 6.45) is 0.118. The molecule has 0 aromatic rings. The zero-order valence-electron chi connectivity index (χ0n) is 7.28. The van der Waals surface area contributed by atoms with E-state index in [1.807, 2.05) is 0 Å². The molecular formula is C7H14N2O3. The van der Waals surface area contributed by atoms with Crippen LogP contribution in [0.3, 0.4) is 0 Å². The molecule has 0 aliphatic rings. The van der Waals surface area contributed by atoms with Gasteiger partial charge >= 0.3 is 5.97 Å². The third-order valence-electron chi connectivity index (χ3n) is 1.43. The highest BCUT2D eigenvalue weighted by molar-refractivity contribution is 5.81. The second-order valence-corrected chi connectivity index (χ2v) is 2.77. The number of hydrogen-bond donors (Lipinski definition) is 2. The lowest BCUT2D eigenvalue weighted by molar-refractivity contribution is -0.137. The summed E-state index contributed by atoms with van der Waals surface area (Å²) in [5.74, 6) is -1.17. The van der Waals surface area contributed by atoms with E-state index in [9.17, 15) is 9.59 Å². The fourth-order valence-electron chi connectivity index (χ4n) is 0.734. The average molecular weight is 174 g/mol. The molecule has 0 fully saturated rings. The SMILES string of the molecule is CN(C)C(=O)C(N)CCC(=O)O. The summed E-state index contributed by atoms with van der Waals surface area (Å²) in [7, 11) is 3.17. The number of nitrogens with two attached hydrogens (primary N) is 1. The fraction of sp³-hybridized carbons (Fsp3) is 0.714. The monoisotopic (exact) mass is 174 g/mol. The number of amides is 1. The van der Waals surface area contributed by atoms with Gasteiger partial charge in [0.1, 0.15) is 0 Å². The minimum atomic E-state index is -0.933. The highest BCUT2D eigenvalue weighted by Gasteiger charge is 2.15. The minimum Gasteiger partial charge on any atom is -0.481 e. The number of rotatable bonds is 4. The van der Waals surface area contributed by atoms with Gasteiger partial charge in [0.25, 0.3) is 0 Å². The quantitative estimate of drug-likeness (QED) is 0.588. The largest absolute Gasteiger partial charge is 0.481 e. The second-order valence-electron chi connectivity index (χ2n) is 2.77. The molecule has 1 unspecified atom stereocenters. The molecule has 0 saturated carbocycles. The van der Waals surface area contributed by atoms with Gasteiger partial charge in [-0.05, 0) is 6.42 Å². The first-order chi connectivity index (χ1) is 5.45. The number of aliphatic carboxylic acids is 1. The molecule has 0 aliphatic carbocycles. The van der Waals surface area contributed by atoms with E-state index in [1.165, 1.54) is 4.90 Å². The van der Waals surface area contributed by atoms with Crippen molar-refractivity contribution in [3.8, 4) is 0 Å². The first-order valence-corrected chi connectivity index (χ1v) is 3.63. The van der Waals surface area contributed by atoms with Crippen LogP contribution in [0, 0.1) is 0 Å². The number of carbonyl (C=O) groups excluding carboxylic acids is 1. The lowest BCUT2D eigenvalue weighted by Crippen LogP contribution is -2.40. The van der Waals surface area contributed by atoms with Gasteiger partial charge in [0, 0.05) is 20.5 Å². The van der Waals surface area contributed by atoms with Gasteiger partial charge in [-0.15, -0.1) is 0 Å². The van der Waals surface area contributed by atoms with Crippen LogP contribution in [0.1, 0.15) is 12.8 Å². The molecule has 3 N–H and O–H groups in total. The predicted octanol–water partition coefficient (Wildman–Crippen LogP) is -0.733. The number of nitrogens with zero attached hydrogens (tertiary/aromatic N) is 1. The van der Waals surface area contributed by atoms with E-state index in [4.69, 9.17) is 10.8 Å². The van der Waals surface area contributed by atoms with Crippen LogP contribution in [0.5, 0.6) is 0 Å². The van der Waals surface area contributed by atoms with E-state index in [0.717, 1.165) is 0 Å². The number of carboxylic acid groups (broad SMARTS) is 1. The molecule has 5 nitrogen and oxygen atoms in total. The Morgan fingerprint density at radius 2 is 2.00 bits per heavy atom. The Labute approximate surface area is 71.1 Å². The lowest BCUT2D eigenvalue weighted by atomic mass is 10.1. The van der Waals surface area contributed by atoms with E-state index >= 15 is 0 Å². The van der Waals surface area contributed by atoms with Crippen LogP contribution in [-0.4, -0.2) is 42.0 Å². The smallest absolute Gasteiger partial charge is 0.303 e. The summed E-state index contributed by atoms with van der Waals surface area (Å²) in [5, 5.41) is 8.30. The van der Waals surface area contributed by atoms with Crippen molar-refractivity contribution >= 4 is 11.9 Å². The van der Waals surface area contributed by atoms with Crippen molar-refractivity contribution in [3.63, 3.8) is 0 Å². The Morgan fingerprint density at radius 1 is 1.50 bits per heavy atom. The molecule has 0 radical (unpaired) electrons. The van der Waals surface area contributed by atoms with Crippen LogP contribution in [0.2, 0.25) is 0 Å². The molecule has 0 aromatic carbocycles. The predicted molar refractivity (Wildman–Crippen MR) is 43.5 cm³/mol. The Bertz CT molecular complexity index is 179. The normalized spacial score (nSPS) is 12.2. The molecule has 0 saturated heterocycles. The lowest BCUT2D eigenvalue weighted by Gasteiger charge is -2.15. The summed E-state index contributed by atoms with van der Waals surface area (Å²) in [6.45, 7) is 0. The summed E-state index contributed by atoms with van der Waals surface area (Å²) < 4.78 is 0. The van der Waals surface area contributed by atoms with Crippen LogP contribution in [0.15, 0.2) is 0 Å². The van der Waals surface area contributed by atoms with Crippen molar-refractivity contribution in [2.75, 3.05) is 14.1 Å². The molecular weight excluding hydrogens is 160 g/mol. The van der Waals surface area contributed by atoms with Gasteiger partial charge in [0.2, 0.25) is 5.91 Å². The highest BCUT2D eigenvalue weighted by Crippen LogP contribution is 1.97. The maximum atomic E-state index is 11.1. The molecule has 0 aromatic heterocycles. The highest BCUT2D eigenvalue weighted by atomic mass is 16.4. The van der Waals surface area contributed by atoms with Crippen molar-refractivity contribution in [2.45, 2.75) is 18.9 Å². The van der Waals surface area contributed by atoms with Crippen LogP contribution >= 0.6 is 0 Å². The standard InChI is InChI=1S/C7H14N2O3/c1-9(2)7(12)5(8)3-4-6(10)11/h5H,3-4,8H2,1-2H3,(H,10,11). The number of likely N-dealkylation sites (N-methyl/N-ethyl adjacent to an activating group) is 1. The van der Waals surface area contributed by atoms with Crippen molar-refractivity contribution in [1.29, 1.82) is 0 Å². The molecule has 5 heteroatoms. The van der Waals surface area contributed by atoms with Crippen molar-refractivity contribution in [2.24, 2.45) is 5.73 Å². The van der Waals surface area contributed by atoms with Crippen molar-refractivity contribution < 1.29 is 14.7 Å². The molecule has 0 spiro atoms. The van der Waals surface area contributed by atoms with E-state index in [2.05, 4.69) is 0 Å². The van der Waals surface area contributed by atoms with Crippen LogP contribution < -0.4 is 5.73 Å². The van der Waals surface area contributed by atoms with Gasteiger partial charge in [0.05, 0.1) is 6.04 Å². The molecule has 70 valence electrons. The number of carbonyl (C=O) groups is 2. The Hall–Kier alpha value is -1.10. The third-order valence-corrected chi connectivity index (χ3v) is 1.43. The molecule has 12 heavy (non-hydrogen) atoms. The molecule has 0 rings (SSSR count). The van der Waals surface area contributed by atoms with Crippen molar-refractivity contribution in [1.82, 2.24) is 4.90 Å². The van der Waals surface area contributed by atoms with Crippen LogP contribution in [0.4, 0.5) is 0 Å². The van der Waals surface area contributed by atoms with Gasteiger partial charge in [-0.3, -0.25) is 9.59 Å². The molecule has 0 aliphatic heterocycles. The van der Waals surface area contributed by atoms with Gasteiger partial charge in [-0.25, -0.2) is 0 Å². The first-order valence-electron chi connectivity index (χ1n) is 3.63. The van der Waals surface area contributed by atoms with E-state index in [1.54, 1.807) is 14.1 Å². The fourth-order valence-corrected chi connectivity index (χ4v) is 0.734. The zero-order valence-corrected chi connectivity index (χ0v) is 7.28. The van der Waals surface area contributed by atoms with E-state index in [0.29, 0.717) is 0 Å². The molecule has 0 bridgehead atoms. The summed E-state index contributed by atoms with van der Waals surface area (Å²) in [4.78, 5) is 22.5. The minimum absolute atomic E-state index is 0.0687. The molecule has 0 heterocycles. The van der Waals surface area contributed by atoms with E-state index in [-0.39, 0.29) is 18.7 Å². The maximum Gasteiger partial charge on any atom is 0.303 e. The Kier molecular flexibility index (Phi) is 4.28. The van der Waals surface area contributed by atoms with Gasteiger partial charge in [0.15, 0.2) is 0 Å². The second kappa shape index (κ2) is 4.71. The van der Waals surface area contributed by atoms with Gasteiger partial charge in [-0.1, -0.05) is 0 Å². The Balaban J connectivity index is 3.79. The Morgan fingerprint density at radius 3 is 2.33 bits per heavy atom. The average Bonchev–Trinajstić information content (AvgIpc) is 1.98. The first kappa shape index (κ1) is 10.9. The van der Waals surface area contributed by atoms with Crippen LogP contribution in [-0.2, 0) is 9.59 Å². The van der Waals surface area contributed by atoms with Gasteiger partial charge < -0.3 is 15.7 Å². The summed E-state index contributed by atoms with van der Waals surface area (Å²) >= 11 is 0. The zero-order chi connectivity index (χ0) is 9.72. The number of carboxylic acids is 1.